The van der Waals surface area contributed by atoms with E-state index in [9.17, 15) is 4.79 Å². The van der Waals surface area contributed by atoms with Gasteiger partial charge in [0.25, 0.3) is 5.91 Å². The van der Waals surface area contributed by atoms with Crippen molar-refractivity contribution in [3.8, 4) is 5.75 Å². The first-order valence-electron chi connectivity index (χ1n) is 10.3. The van der Waals surface area contributed by atoms with Gasteiger partial charge in [0.1, 0.15) is 17.4 Å². The van der Waals surface area contributed by atoms with Gasteiger partial charge in [0.15, 0.2) is 5.84 Å². The number of thioether (sulfide) groups is 1. The summed E-state index contributed by atoms with van der Waals surface area (Å²) in [6.07, 6.45) is 2.34. The van der Waals surface area contributed by atoms with E-state index in [4.69, 9.17) is 10.1 Å². The Labute approximate surface area is 199 Å². The monoisotopic (exact) mass is 472 g/mol. The van der Waals surface area contributed by atoms with Crippen molar-refractivity contribution < 1.29 is 9.53 Å². The number of amides is 1. The summed E-state index contributed by atoms with van der Waals surface area (Å²) in [7, 11) is 0. The van der Waals surface area contributed by atoms with E-state index in [-0.39, 0.29) is 11.4 Å². The number of nitrogens with zero attached hydrogens (tertiary/aromatic N) is 3. The number of hydrogen-bond acceptors (Lipinski definition) is 6. The molecule has 33 heavy (non-hydrogen) atoms. The molecule has 0 bridgehead atoms. The zero-order valence-corrected chi connectivity index (χ0v) is 19.5. The van der Waals surface area contributed by atoms with Crippen LogP contribution in [0.25, 0.3) is 6.08 Å². The molecule has 0 radical (unpaired) electrons. The number of rotatable bonds is 6. The number of nitrogens with one attached hydrogen (secondary N) is 1. The Hall–Kier alpha value is -3.49. The van der Waals surface area contributed by atoms with Gasteiger partial charge < -0.3 is 4.74 Å². The lowest BCUT2D eigenvalue weighted by atomic mass is 10.1. The van der Waals surface area contributed by atoms with Gasteiger partial charge in [-0.05, 0) is 59.5 Å². The minimum Gasteiger partial charge on any atom is -0.489 e. The van der Waals surface area contributed by atoms with Gasteiger partial charge in [-0.15, -0.1) is 11.3 Å². The highest BCUT2D eigenvalue weighted by molar-refractivity contribution is 8.27. The van der Waals surface area contributed by atoms with Gasteiger partial charge in [-0.2, -0.15) is 15.1 Å². The average molecular weight is 473 g/mol. The number of carbonyl (C=O) groups is 1. The Morgan fingerprint density at radius 1 is 1.09 bits per heavy atom. The molecule has 1 aromatic heterocycles. The molecule has 2 aliphatic rings. The molecule has 0 atom stereocenters. The molecule has 3 aromatic rings. The molecule has 1 N–H and O–H groups in total. The Bertz CT molecular complexity index is 1290. The SMILES string of the molecule is Cc1ccc(COc2ccc(C=C3C(=N)N4N=C(Cc5cccs5)SC4=NC3=O)cc2)cc1. The molecule has 3 heterocycles. The molecule has 2 aromatic carbocycles. The molecule has 0 saturated heterocycles. The highest BCUT2D eigenvalue weighted by Crippen LogP contribution is 2.30. The second kappa shape index (κ2) is 9.17. The number of amidine groups is 2. The van der Waals surface area contributed by atoms with Gasteiger partial charge in [-0.25, -0.2) is 0 Å². The Kier molecular flexibility index (Phi) is 5.93. The highest BCUT2D eigenvalue weighted by Gasteiger charge is 2.35. The van der Waals surface area contributed by atoms with Gasteiger partial charge in [0.2, 0.25) is 5.17 Å². The predicted octanol–water partition coefficient (Wildman–Crippen LogP) is 5.50. The second-order valence-corrected chi connectivity index (χ2v) is 9.69. The molecule has 0 fully saturated rings. The second-order valence-electron chi connectivity index (χ2n) is 7.61. The van der Waals surface area contributed by atoms with Crippen LogP contribution in [0.2, 0.25) is 0 Å². The first-order valence-corrected chi connectivity index (χ1v) is 12.0. The summed E-state index contributed by atoms with van der Waals surface area (Å²) in [6, 6.07) is 19.7. The van der Waals surface area contributed by atoms with Crippen LogP contribution in [0.3, 0.4) is 0 Å². The largest absolute Gasteiger partial charge is 0.489 e. The maximum atomic E-state index is 12.6. The molecule has 0 unspecified atom stereocenters. The third-order valence-electron chi connectivity index (χ3n) is 5.12. The molecule has 6 nitrogen and oxygen atoms in total. The summed E-state index contributed by atoms with van der Waals surface area (Å²) in [5.41, 5.74) is 3.32. The van der Waals surface area contributed by atoms with Crippen LogP contribution in [0, 0.1) is 12.3 Å². The molecule has 164 valence electrons. The van der Waals surface area contributed by atoms with Gasteiger partial charge in [0.05, 0.1) is 5.57 Å². The van der Waals surface area contributed by atoms with Crippen LogP contribution in [0.1, 0.15) is 21.6 Å². The lowest BCUT2D eigenvalue weighted by Gasteiger charge is -2.20. The van der Waals surface area contributed by atoms with Crippen molar-refractivity contribution in [2.75, 3.05) is 0 Å². The van der Waals surface area contributed by atoms with E-state index in [1.165, 1.54) is 27.2 Å². The number of thiophene rings is 1. The van der Waals surface area contributed by atoms with Crippen LogP contribution in [0.15, 0.2) is 81.7 Å². The van der Waals surface area contributed by atoms with Crippen molar-refractivity contribution in [1.82, 2.24) is 5.01 Å². The van der Waals surface area contributed by atoms with Crippen LogP contribution in [-0.2, 0) is 17.8 Å². The predicted molar refractivity (Wildman–Crippen MR) is 135 cm³/mol. The third kappa shape index (κ3) is 4.81. The van der Waals surface area contributed by atoms with E-state index in [2.05, 4.69) is 29.2 Å². The van der Waals surface area contributed by atoms with Crippen LogP contribution >= 0.6 is 23.1 Å². The maximum absolute atomic E-state index is 12.6. The Morgan fingerprint density at radius 2 is 1.88 bits per heavy atom. The molecule has 0 aliphatic carbocycles. The van der Waals surface area contributed by atoms with Crippen LogP contribution in [-0.4, -0.2) is 27.0 Å². The minimum atomic E-state index is -0.425. The number of fused-ring (bicyclic) bond motifs is 1. The van der Waals surface area contributed by atoms with Crippen molar-refractivity contribution in [1.29, 1.82) is 5.41 Å². The summed E-state index contributed by atoms with van der Waals surface area (Å²) in [5, 5.41) is 17.8. The van der Waals surface area contributed by atoms with E-state index in [1.54, 1.807) is 17.4 Å². The van der Waals surface area contributed by atoms with Crippen molar-refractivity contribution in [3.05, 3.63) is 93.2 Å². The van der Waals surface area contributed by atoms with E-state index >= 15 is 0 Å². The fourth-order valence-corrected chi connectivity index (χ4v) is 5.05. The van der Waals surface area contributed by atoms with E-state index in [0.29, 0.717) is 18.2 Å². The van der Waals surface area contributed by atoms with Crippen molar-refractivity contribution in [2.45, 2.75) is 20.0 Å². The van der Waals surface area contributed by atoms with E-state index in [1.807, 2.05) is 53.9 Å². The number of hydrazone groups is 1. The summed E-state index contributed by atoms with van der Waals surface area (Å²) in [4.78, 5) is 18.0. The third-order valence-corrected chi connectivity index (χ3v) is 6.90. The molecule has 0 spiro atoms. The Morgan fingerprint density at radius 3 is 2.61 bits per heavy atom. The summed E-state index contributed by atoms with van der Waals surface area (Å²) < 4.78 is 5.85. The molecule has 2 aliphatic heterocycles. The average Bonchev–Trinajstić information content (AvgIpc) is 3.47. The zero-order valence-electron chi connectivity index (χ0n) is 17.8. The van der Waals surface area contributed by atoms with Crippen molar-refractivity contribution in [3.63, 3.8) is 0 Å². The first kappa shape index (κ1) is 21.4. The minimum absolute atomic E-state index is 0.0402. The standard InChI is InChI=1S/C25H20N4O2S2/c1-16-4-6-18(7-5-16)15-31-19-10-8-17(9-11-19)13-21-23(26)29-25(27-24(21)30)33-22(28-29)14-20-3-2-12-32-20/h2-13,26H,14-15H2,1H3. The lowest BCUT2D eigenvalue weighted by Crippen LogP contribution is -2.35. The fourth-order valence-electron chi connectivity index (χ4n) is 3.34. The van der Waals surface area contributed by atoms with Crippen molar-refractivity contribution in [2.24, 2.45) is 10.1 Å². The first-order chi connectivity index (χ1) is 16.0. The van der Waals surface area contributed by atoms with Crippen LogP contribution in [0.4, 0.5) is 0 Å². The van der Waals surface area contributed by atoms with Crippen molar-refractivity contribution >= 4 is 51.1 Å². The molecule has 0 saturated carbocycles. The lowest BCUT2D eigenvalue weighted by molar-refractivity contribution is -0.114. The Balaban J connectivity index is 1.28. The topological polar surface area (TPSA) is 78.1 Å². The highest BCUT2D eigenvalue weighted by atomic mass is 32.2. The zero-order chi connectivity index (χ0) is 22.8. The summed E-state index contributed by atoms with van der Waals surface area (Å²) >= 11 is 3.00. The molecule has 1 amide bonds. The number of benzene rings is 2. The van der Waals surface area contributed by atoms with Crippen LogP contribution < -0.4 is 4.74 Å². The van der Waals surface area contributed by atoms with E-state index < -0.39 is 5.91 Å². The van der Waals surface area contributed by atoms with Gasteiger partial charge in [-0.3, -0.25) is 10.2 Å². The number of hydrogen-bond donors (Lipinski definition) is 1. The van der Waals surface area contributed by atoms with Crippen LogP contribution in [0.5, 0.6) is 5.75 Å². The molecular weight excluding hydrogens is 452 g/mol. The smallest absolute Gasteiger partial charge is 0.283 e. The van der Waals surface area contributed by atoms with Gasteiger partial charge in [-0.1, -0.05) is 48.0 Å². The number of aryl methyl sites for hydroxylation is 1. The normalized spacial score (nSPS) is 16.6. The summed E-state index contributed by atoms with van der Waals surface area (Å²) in [5.74, 6) is 0.353. The van der Waals surface area contributed by atoms with Gasteiger partial charge >= 0.3 is 0 Å². The maximum Gasteiger partial charge on any atom is 0.283 e. The fraction of sp³-hybridized carbons (Fsp3) is 0.120. The van der Waals surface area contributed by atoms with E-state index in [0.717, 1.165) is 21.9 Å². The molecule has 8 heteroatoms. The quantitative estimate of drug-likeness (QED) is 0.481. The number of carbonyl (C=O) groups excluding carboxylic acids is 1. The van der Waals surface area contributed by atoms with Gasteiger partial charge in [0, 0.05) is 11.3 Å². The summed E-state index contributed by atoms with van der Waals surface area (Å²) in [6.45, 7) is 2.54. The number of ether oxygens (including phenoxy) is 1. The number of aliphatic imine (C=N–C) groups is 1. The molecule has 5 rings (SSSR count). The molecular formula is C25H20N4O2S2.